The van der Waals surface area contributed by atoms with Crippen LogP contribution in [-0.2, 0) is 16.1 Å². The Labute approximate surface area is 169 Å². The molecule has 0 radical (unpaired) electrons. The number of carbonyl (C=O) groups is 2. The summed E-state index contributed by atoms with van der Waals surface area (Å²) in [5.41, 5.74) is 3.30. The van der Waals surface area contributed by atoms with Crippen LogP contribution in [0.15, 0.2) is 30.3 Å². The number of carbonyl (C=O) groups excluding carboxylic acids is 2. The molecule has 0 unspecified atom stereocenters. The Morgan fingerprint density at radius 2 is 1.83 bits per heavy atom. The van der Waals surface area contributed by atoms with Gasteiger partial charge in [-0.2, -0.15) is 0 Å². The number of methoxy groups -OCH3 is 2. The maximum atomic E-state index is 11.8. The Bertz CT molecular complexity index is 908. The summed E-state index contributed by atoms with van der Waals surface area (Å²) in [6.07, 6.45) is 1.12. The van der Waals surface area contributed by atoms with Gasteiger partial charge in [0.2, 0.25) is 5.75 Å². The highest BCUT2D eigenvalue weighted by Crippen LogP contribution is 2.44. The minimum Gasteiger partial charge on any atom is -0.493 e. The predicted molar refractivity (Wildman–Crippen MR) is 108 cm³/mol. The molecule has 0 atom stereocenters. The van der Waals surface area contributed by atoms with Crippen molar-refractivity contribution in [2.45, 2.75) is 26.3 Å². The molecule has 0 saturated heterocycles. The zero-order valence-electron chi connectivity index (χ0n) is 16.9. The first-order valence-corrected chi connectivity index (χ1v) is 9.54. The Kier molecular flexibility index (Phi) is 6.59. The van der Waals surface area contributed by atoms with Crippen molar-refractivity contribution >= 4 is 11.9 Å². The molecule has 1 aliphatic heterocycles. The number of benzene rings is 2. The molecule has 29 heavy (non-hydrogen) atoms. The van der Waals surface area contributed by atoms with Gasteiger partial charge in [0.05, 0.1) is 14.2 Å². The van der Waals surface area contributed by atoms with Crippen LogP contribution in [0.4, 0.5) is 0 Å². The van der Waals surface area contributed by atoms with E-state index in [-0.39, 0.29) is 25.1 Å². The molecule has 0 aromatic heterocycles. The van der Waals surface area contributed by atoms with Gasteiger partial charge in [-0.1, -0.05) is 13.0 Å². The van der Waals surface area contributed by atoms with Crippen molar-refractivity contribution in [1.82, 2.24) is 5.32 Å². The molecular formula is C22H25NO6. The molecular weight excluding hydrogens is 374 g/mol. The van der Waals surface area contributed by atoms with Gasteiger partial charge in [0.25, 0.3) is 5.91 Å². The molecule has 1 heterocycles. The van der Waals surface area contributed by atoms with E-state index < -0.39 is 0 Å². The van der Waals surface area contributed by atoms with Crippen LogP contribution < -0.4 is 19.5 Å². The molecule has 3 rings (SSSR count). The van der Waals surface area contributed by atoms with Gasteiger partial charge in [-0.25, -0.2) is 0 Å². The van der Waals surface area contributed by atoms with Crippen LogP contribution >= 0.6 is 0 Å². The molecule has 1 N–H and O–H groups in total. The minimum atomic E-state index is -0.246. The Morgan fingerprint density at radius 1 is 1.03 bits per heavy atom. The van der Waals surface area contributed by atoms with Crippen LogP contribution in [0.2, 0.25) is 0 Å². The van der Waals surface area contributed by atoms with Crippen LogP contribution in [0.25, 0.3) is 11.1 Å². The van der Waals surface area contributed by atoms with Crippen molar-refractivity contribution in [3.63, 3.8) is 0 Å². The molecule has 7 heteroatoms. The summed E-state index contributed by atoms with van der Waals surface area (Å²) in [4.78, 5) is 23.4. The number of esters is 1. The van der Waals surface area contributed by atoms with Crippen molar-refractivity contribution in [3.8, 4) is 28.4 Å². The number of rotatable bonds is 9. The number of fused-ring (bicyclic) bond motifs is 1. The van der Waals surface area contributed by atoms with Crippen molar-refractivity contribution in [2.75, 3.05) is 27.4 Å². The fraction of sp³-hybridized carbons (Fsp3) is 0.364. The van der Waals surface area contributed by atoms with E-state index in [2.05, 4.69) is 5.32 Å². The van der Waals surface area contributed by atoms with Crippen LogP contribution in [0, 0.1) is 0 Å². The summed E-state index contributed by atoms with van der Waals surface area (Å²) in [6.45, 7) is 2.74. The highest BCUT2D eigenvalue weighted by atomic mass is 16.6. The van der Waals surface area contributed by atoms with Gasteiger partial charge in [0.1, 0.15) is 13.2 Å². The van der Waals surface area contributed by atoms with Gasteiger partial charge in [0, 0.05) is 24.1 Å². The second-order valence-corrected chi connectivity index (χ2v) is 6.55. The summed E-state index contributed by atoms with van der Waals surface area (Å²) >= 11 is 0. The van der Waals surface area contributed by atoms with Crippen molar-refractivity contribution in [1.29, 1.82) is 0 Å². The molecule has 2 aromatic rings. The number of hydrogen-bond donors (Lipinski definition) is 1. The van der Waals surface area contributed by atoms with Crippen LogP contribution in [0.1, 0.15) is 35.7 Å². The first kappa shape index (κ1) is 20.5. The lowest BCUT2D eigenvalue weighted by molar-refractivity contribution is -0.144. The summed E-state index contributed by atoms with van der Waals surface area (Å²) in [6, 6.07) is 9.33. The Morgan fingerprint density at radius 3 is 2.55 bits per heavy atom. The molecule has 0 spiro atoms. The number of hydrogen-bond acceptors (Lipinski definition) is 6. The number of ether oxygens (including phenoxy) is 4. The fourth-order valence-corrected chi connectivity index (χ4v) is 3.24. The van der Waals surface area contributed by atoms with Gasteiger partial charge < -0.3 is 24.3 Å². The summed E-state index contributed by atoms with van der Waals surface area (Å²) in [5.74, 6) is 1.18. The Balaban J connectivity index is 1.89. The monoisotopic (exact) mass is 399 g/mol. The highest BCUT2D eigenvalue weighted by molar-refractivity contribution is 5.99. The number of amides is 1. The molecule has 0 bridgehead atoms. The third kappa shape index (κ3) is 4.45. The van der Waals surface area contributed by atoms with E-state index in [0.29, 0.717) is 35.8 Å². The third-order valence-electron chi connectivity index (χ3n) is 4.65. The third-order valence-corrected chi connectivity index (χ3v) is 4.65. The van der Waals surface area contributed by atoms with Crippen LogP contribution in [0.5, 0.6) is 17.2 Å². The van der Waals surface area contributed by atoms with Crippen LogP contribution in [-0.4, -0.2) is 39.3 Å². The van der Waals surface area contributed by atoms with Crippen molar-refractivity contribution in [2.24, 2.45) is 0 Å². The molecule has 154 valence electrons. The lowest BCUT2D eigenvalue weighted by Gasteiger charge is -2.18. The summed E-state index contributed by atoms with van der Waals surface area (Å²) in [7, 11) is 3.10. The maximum Gasteiger partial charge on any atom is 0.305 e. The van der Waals surface area contributed by atoms with E-state index in [1.807, 2.05) is 25.1 Å². The molecule has 2 aromatic carbocycles. The van der Waals surface area contributed by atoms with Gasteiger partial charge in [0.15, 0.2) is 11.5 Å². The summed E-state index contributed by atoms with van der Waals surface area (Å²) < 4.78 is 22.0. The smallest absolute Gasteiger partial charge is 0.305 e. The van der Waals surface area contributed by atoms with E-state index >= 15 is 0 Å². The number of nitrogens with one attached hydrogen (secondary N) is 1. The normalized spacial score (nSPS) is 12.2. The van der Waals surface area contributed by atoms with E-state index in [9.17, 15) is 9.59 Å². The minimum absolute atomic E-state index is 0.0655. The van der Waals surface area contributed by atoms with E-state index in [4.69, 9.17) is 18.9 Å². The average Bonchev–Trinajstić information content (AvgIpc) is 3.10. The quantitative estimate of drug-likeness (QED) is 0.514. The van der Waals surface area contributed by atoms with Crippen LogP contribution in [0.3, 0.4) is 0 Å². The molecule has 0 aliphatic carbocycles. The lowest BCUT2D eigenvalue weighted by Crippen LogP contribution is -2.12. The SMILES string of the molecule is CCCC(=O)OCCOc1c(-c2ccc3c(c2)CNC3=O)ccc(OC)c1OC. The first-order chi connectivity index (χ1) is 14.1. The molecule has 1 aliphatic rings. The van der Waals surface area contributed by atoms with Gasteiger partial charge in [-0.15, -0.1) is 0 Å². The lowest BCUT2D eigenvalue weighted by atomic mass is 9.99. The van der Waals surface area contributed by atoms with Gasteiger partial charge >= 0.3 is 5.97 Å². The second kappa shape index (κ2) is 9.32. The molecule has 0 fully saturated rings. The van der Waals surface area contributed by atoms with E-state index in [1.54, 1.807) is 26.4 Å². The van der Waals surface area contributed by atoms with Gasteiger partial charge in [-0.3, -0.25) is 9.59 Å². The summed E-state index contributed by atoms with van der Waals surface area (Å²) in [5, 5.41) is 2.82. The van der Waals surface area contributed by atoms with Gasteiger partial charge in [-0.05, 0) is 41.8 Å². The second-order valence-electron chi connectivity index (χ2n) is 6.55. The topological polar surface area (TPSA) is 83.1 Å². The molecule has 1 amide bonds. The Hall–Kier alpha value is -3.22. The van der Waals surface area contributed by atoms with Crippen molar-refractivity contribution in [3.05, 3.63) is 41.5 Å². The zero-order chi connectivity index (χ0) is 20.8. The predicted octanol–water partition coefficient (Wildman–Crippen LogP) is 3.34. The standard InChI is InChI=1S/C22H25NO6/c1-4-5-19(24)28-10-11-29-20-16(8-9-18(26-2)21(20)27-3)14-6-7-17-15(12-14)13-23-22(17)25/h6-9,12H,4-5,10-11,13H2,1-3H3,(H,23,25). The zero-order valence-corrected chi connectivity index (χ0v) is 16.9. The first-order valence-electron chi connectivity index (χ1n) is 9.54. The highest BCUT2D eigenvalue weighted by Gasteiger charge is 2.22. The van der Waals surface area contributed by atoms with E-state index in [1.165, 1.54) is 0 Å². The molecule has 7 nitrogen and oxygen atoms in total. The largest absolute Gasteiger partial charge is 0.493 e. The van der Waals surface area contributed by atoms with Crippen molar-refractivity contribution < 1.29 is 28.5 Å². The van der Waals surface area contributed by atoms with E-state index in [0.717, 1.165) is 23.1 Å². The fourth-order valence-electron chi connectivity index (χ4n) is 3.24. The molecule has 0 saturated carbocycles. The maximum absolute atomic E-state index is 11.8. The average molecular weight is 399 g/mol.